The molecule has 0 heterocycles. The second kappa shape index (κ2) is 6.37. The Balaban J connectivity index is 2.26. The maximum Gasteiger partial charge on any atom is 0.419 e. The molecule has 21 heavy (non-hydrogen) atoms. The van der Waals surface area contributed by atoms with Crippen LogP contribution in [0.15, 0.2) is 42.5 Å². The summed E-state index contributed by atoms with van der Waals surface area (Å²) in [5, 5.41) is 0.449. The van der Waals surface area contributed by atoms with Crippen molar-refractivity contribution in [1.29, 1.82) is 0 Å². The van der Waals surface area contributed by atoms with E-state index in [-0.39, 0.29) is 18.9 Å². The molecular weight excluding hydrogens is 303 g/mol. The average Bonchev–Trinajstić information content (AvgIpc) is 2.45. The maximum atomic E-state index is 13.0. The highest BCUT2D eigenvalue weighted by molar-refractivity contribution is 6.31. The van der Waals surface area contributed by atoms with Crippen LogP contribution >= 0.6 is 11.6 Å². The number of alkyl halides is 3. The van der Waals surface area contributed by atoms with Gasteiger partial charge in [-0.2, -0.15) is 13.2 Å². The summed E-state index contributed by atoms with van der Waals surface area (Å²) in [7, 11) is 0. The van der Waals surface area contributed by atoms with Crippen LogP contribution in [-0.4, -0.2) is 0 Å². The summed E-state index contributed by atoms with van der Waals surface area (Å²) in [6.45, 7) is -0.00139. The van der Waals surface area contributed by atoms with E-state index in [1.54, 1.807) is 24.3 Å². The van der Waals surface area contributed by atoms with Crippen molar-refractivity contribution in [3.8, 4) is 5.75 Å². The minimum Gasteiger partial charge on any atom is -0.488 e. The minimum atomic E-state index is -4.50. The number of benzene rings is 2. The quantitative estimate of drug-likeness (QED) is 0.907. The van der Waals surface area contributed by atoms with Gasteiger partial charge in [-0.1, -0.05) is 35.9 Å². The molecule has 0 amide bonds. The van der Waals surface area contributed by atoms with Gasteiger partial charge in [0.2, 0.25) is 0 Å². The van der Waals surface area contributed by atoms with Crippen molar-refractivity contribution in [3.63, 3.8) is 0 Å². The summed E-state index contributed by atoms with van der Waals surface area (Å²) < 4.78 is 44.4. The summed E-state index contributed by atoms with van der Waals surface area (Å²) in [6.07, 6.45) is -4.50. The molecule has 0 saturated heterocycles. The number of rotatable bonds is 4. The molecule has 0 fully saturated rings. The Labute approximate surface area is 125 Å². The summed E-state index contributed by atoms with van der Waals surface area (Å²) in [6, 6.07) is 10.6. The summed E-state index contributed by atoms with van der Waals surface area (Å²) >= 11 is 5.95. The first-order chi connectivity index (χ1) is 9.91. The van der Waals surface area contributed by atoms with Gasteiger partial charge in [-0.15, -0.1) is 0 Å². The van der Waals surface area contributed by atoms with Gasteiger partial charge < -0.3 is 10.5 Å². The molecule has 0 aliphatic heterocycles. The standard InChI is InChI=1S/C15H13ClF3NO/c16-13-4-2-1-3-11(13)9-21-14-6-5-10(8-20)7-12(14)15(17,18)19/h1-7H,8-9,20H2. The molecule has 0 aliphatic rings. The topological polar surface area (TPSA) is 35.2 Å². The molecule has 0 unspecified atom stereocenters. The largest absolute Gasteiger partial charge is 0.488 e. The van der Waals surface area contributed by atoms with Gasteiger partial charge >= 0.3 is 6.18 Å². The molecule has 2 aromatic carbocycles. The van der Waals surface area contributed by atoms with Gasteiger partial charge in [0.25, 0.3) is 0 Å². The fraction of sp³-hybridized carbons (Fsp3) is 0.200. The molecular formula is C15H13ClF3NO. The zero-order chi connectivity index (χ0) is 15.5. The number of halogens is 4. The van der Waals surface area contributed by atoms with E-state index >= 15 is 0 Å². The molecule has 0 radical (unpaired) electrons. The van der Waals surface area contributed by atoms with Crippen LogP contribution in [-0.2, 0) is 19.3 Å². The fourth-order valence-corrected chi connectivity index (χ4v) is 2.01. The normalized spacial score (nSPS) is 11.5. The van der Waals surface area contributed by atoms with E-state index in [2.05, 4.69) is 0 Å². The zero-order valence-corrected chi connectivity index (χ0v) is 11.7. The number of ether oxygens (including phenoxy) is 1. The van der Waals surface area contributed by atoms with Gasteiger partial charge in [0.15, 0.2) is 0 Å². The summed E-state index contributed by atoms with van der Waals surface area (Å²) in [5.74, 6) is -0.236. The van der Waals surface area contributed by atoms with Crippen LogP contribution in [0, 0.1) is 0 Å². The molecule has 0 atom stereocenters. The van der Waals surface area contributed by atoms with Crippen molar-refractivity contribution in [2.24, 2.45) is 5.73 Å². The Kier molecular flexibility index (Phi) is 4.75. The molecule has 2 rings (SSSR count). The minimum absolute atomic E-state index is 0.0356. The lowest BCUT2D eigenvalue weighted by Gasteiger charge is -2.15. The zero-order valence-electron chi connectivity index (χ0n) is 11.0. The predicted octanol–water partition coefficient (Wildman–Crippen LogP) is 4.40. The molecule has 0 aliphatic carbocycles. The second-order valence-electron chi connectivity index (χ2n) is 4.41. The molecule has 0 aromatic heterocycles. The maximum absolute atomic E-state index is 13.0. The van der Waals surface area contributed by atoms with Crippen LogP contribution < -0.4 is 10.5 Å². The van der Waals surface area contributed by atoms with E-state index < -0.39 is 11.7 Å². The first-order valence-electron chi connectivity index (χ1n) is 6.18. The van der Waals surface area contributed by atoms with Gasteiger partial charge in [-0.05, 0) is 23.8 Å². The van der Waals surface area contributed by atoms with E-state index in [0.29, 0.717) is 16.1 Å². The lowest BCUT2D eigenvalue weighted by molar-refractivity contribution is -0.139. The Bertz CT molecular complexity index is 629. The number of hydrogen-bond donors (Lipinski definition) is 1. The molecule has 2 N–H and O–H groups in total. The molecule has 2 aromatic rings. The van der Waals surface area contributed by atoms with Gasteiger partial charge in [-0.25, -0.2) is 0 Å². The van der Waals surface area contributed by atoms with E-state index in [1.165, 1.54) is 12.1 Å². The number of nitrogens with two attached hydrogens (primary N) is 1. The highest BCUT2D eigenvalue weighted by Gasteiger charge is 2.34. The van der Waals surface area contributed by atoms with Crippen molar-refractivity contribution in [3.05, 3.63) is 64.2 Å². The van der Waals surface area contributed by atoms with Gasteiger partial charge in [-0.3, -0.25) is 0 Å². The van der Waals surface area contributed by atoms with Crippen LogP contribution in [0.4, 0.5) is 13.2 Å². The van der Waals surface area contributed by atoms with Gasteiger partial charge in [0, 0.05) is 17.1 Å². The Hall–Kier alpha value is -1.72. The molecule has 2 nitrogen and oxygen atoms in total. The third kappa shape index (κ3) is 3.89. The van der Waals surface area contributed by atoms with Crippen molar-refractivity contribution in [2.75, 3.05) is 0 Å². The second-order valence-corrected chi connectivity index (χ2v) is 4.82. The van der Waals surface area contributed by atoms with E-state index in [4.69, 9.17) is 22.1 Å². The van der Waals surface area contributed by atoms with Crippen molar-refractivity contribution >= 4 is 11.6 Å². The van der Waals surface area contributed by atoms with Crippen LogP contribution in [0.3, 0.4) is 0 Å². The van der Waals surface area contributed by atoms with Gasteiger partial charge in [0.1, 0.15) is 12.4 Å². The lowest BCUT2D eigenvalue weighted by Crippen LogP contribution is -2.10. The van der Waals surface area contributed by atoms with E-state index in [0.717, 1.165) is 6.07 Å². The Morgan fingerprint density at radius 3 is 2.43 bits per heavy atom. The monoisotopic (exact) mass is 315 g/mol. The molecule has 0 spiro atoms. The van der Waals surface area contributed by atoms with Crippen LogP contribution in [0.1, 0.15) is 16.7 Å². The molecule has 112 valence electrons. The summed E-state index contributed by atoms with van der Waals surface area (Å²) in [5.41, 5.74) is 5.55. The summed E-state index contributed by atoms with van der Waals surface area (Å²) in [4.78, 5) is 0. The Morgan fingerprint density at radius 2 is 1.81 bits per heavy atom. The molecule has 0 saturated carbocycles. The highest BCUT2D eigenvalue weighted by atomic mass is 35.5. The average molecular weight is 316 g/mol. The van der Waals surface area contributed by atoms with E-state index in [1.807, 2.05) is 0 Å². The van der Waals surface area contributed by atoms with Crippen LogP contribution in [0.25, 0.3) is 0 Å². The highest BCUT2D eigenvalue weighted by Crippen LogP contribution is 2.37. The van der Waals surface area contributed by atoms with Gasteiger partial charge in [0.05, 0.1) is 5.56 Å². The lowest BCUT2D eigenvalue weighted by atomic mass is 10.1. The van der Waals surface area contributed by atoms with Crippen molar-refractivity contribution < 1.29 is 17.9 Å². The third-order valence-electron chi connectivity index (χ3n) is 2.93. The van der Waals surface area contributed by atoms with Crippen molar-refractivity contribution in [2.45, 2.75) is 19.3 Å². The SMILES string of the molecule is NCc1ccc(OCc2ccccc2Cl)c(C(F)(F)F)c1. The Morgan fingerprint density at radius 1 is 1.10 bits per heavy atom. The fourth-order valence-electron chi connectivity index (χ4n) is 1.82. The predicted molar refractivity (Wildman–Crippen MR) is 75.1 cm³/mol. The first kappa shape index (κ1) is 15.7. The van der Waals surface area contributed by atoms with Crippen LogP contribution in [0.5, 0.6) is 5.75 Å². The third-order valence-corrected chi connectivity index (χ3v) is 3.29. The smallest absolute Gasteiger partial charge is 0.419 e. The first-order valence-corrected chi connectivity index (χ1v) is 6.56. The molecule has 0 bridgehead atoms. The van der Waals surface area contributed by atoms with Crippen LogP contribution in [0.2, 0.25) is 5.02 Å². The van der Waals surface area contributed by atoms with E-state index in [9.17, 15) is 13.2 Å². The van der Waals surface area contributed by atoms with Crippen molar-refractivity contribution in [1.82, 2.24) is 0 Å². The molecule has 6 heteroatoms. The number of hydrogen-bond acceptors (Lipinski definition) is 2.